The summed E-state index contributed by atoms with van der Waals surface area (Å²) < 4.78 is 18.0. The third kappa shape index (κ3) is 8.41. The Balaban J connectivity index is 1.20. The van der Waals surface area contributed by atoms with Crippen LogP contribution in [-0.4, -0.2) is 19.9 Å². The second-order valence-electron chi connectivity index (χ2n) is 12.1. The van der Waals surface area contributed by atoms with Crippen LogP contribution in [0, 0.1) is 17.8 Å². The molecule has 0 aliphatic heterocycles. The third-order valence-electron chi connectivity index (χ3n) is 9.73. The fraction of sp³-hybridized carbons (Fsp3) is 0.657. The van der Waals surface area contributed by atoms with E-state index < -0.39 is 0 Å². The zero-order chi connectivity index (χ0) is 25.9. The van der Waals surface area contributed by atoms with Gasteiger partial charge in [0.1, 0.15) is 0 Å². The average molecular weight is 507 g/mol. The van der Waals surface area contributed by atoms with E-state index in [1.165, 1.54) is 99.3 Å². The normalized spacial score (nSPS) is 25.2. The number of ether oxygens (including phenoxy) is 1. The molecule has 0 amide bonds. The summed E-state index contributed by atoms with van der Waals surface area (Å²) in [6, 6.07) is 18.7. The summed E-state index contributed by atoms with van der Waals surface area (Å²) in [7, 11) is 1.88. The lowest BCUT2D eigenvalue weighted by Gasteiger charge is -2.32. The second kappa shape index (κ2) is 15.1. The summed E-state index contributed by atoms with van der Waals surface area (Å²) >= 11 is 0. The zero-order valence-electron chi connectivity index (χ0n) is 23.6. The van der Waals surface area contributed by atoms with Gasteiger partial charge in [0.15, 0.2) is 0 Å². The summed E-state index contributed by atoms with van der Waals surface area (Å²) in [5.41, 5.74) is 5.66. The fourth-order valence-corrected chi connectivity index (χ4v) is 7.21. The average Bonchev–Trinajstić information content (AvgIpc) is 2.96. The van der Waals surface area contributed by atoms with Crippen molar-refractivity contribution in [2.75, 3.05) is 13.8 Å². The molecule has 0 radical (unpaired) electrons. The number of hydrogen-bond donors (Lipinski definition) is 0. The Hall–Kier alpha value is -1.67. The van der Waals surface area contributed by atoms with Crippen LogP contribution in [0.2, 0.25) is 0 Å². The molecule has 2 aromatic carbocycles. The molecule has 4 rings (SSSR count). The monoisotopic (exact) mass is 506 g/mol. The van der Waals surface area contributed by atoms with Crippen molar-refractivity contribution in [1.29, 1.82) is 0 Å². The van der Waals surface area contributed by atoms with Gasteiger partial charge in [0.25, 0.3) is 0 Å². The van der Waals surface area contributed by atoms with E-state index in [4.69, 9.17) is 4.74 Å². The minimum atomic E-state index is -0.150. The minimum absolute atomic E-state index is 0.150. The maximum atomic E-state index is 12.3. The minimum Gasteiger partial charge on any atom is -0.381 e. The molecule has 1 atom stereocenters. The molecule has 2 aliphatic rings. The summed E-state index contributed by atoms with van der Waals surface area (Å²) in [4.78, 5) is 0. The van der Waals surface area contributed by atoms with Gasteiger partial charge in [-0.15, -0.1) is 0 Å². The van der Waals surface area contributed by atoms with Crippen LogP contribution in [0.5, 0.6) is 0 Å². The number of rotatable bonds is 13. The van der Waals surface area contributed by atoms with Crippen LogP contribution in [-0.2, 0) is 11.2 Å². The van der Waals surface area contributed by atoms with Gasteiger partial charge in [-0.3, -0.25) is 4.39 Å². The highest BCUT2D eigenvalue weighted by atomic mass is 19.1. The van der Waals surface area contributed by atoms with Crippen LogP contribution in [0.3, 0.4) is 0 Å². The first-order valence-corrected chi connectivity index (χ1v) is 15.5. The van der Waals surface area contributed by atoms with Crippen molar-refractivity contribution in [3.05, 3.63) is 59.7 Å². The van der Waals surface area contributed by atoms with Crippen molar-refractivity contribution in [1.82, 2.24) is 0 Å². The van der Waals surface area contributed by atoms with E-state index in [0.717, 1.165) is 42.9 Å². The van der Waals surface area contributed by atoms with Gasteiger partial charge in [-0.1, -0.05) is 87.6 Å². The lowest BCUT2D eigenvalue weighted by Crippen LogP contribution is -2.27. The van der Waals surface area contributed by atoms with Gasteiger partial charge in [0, 0.05) is 7.11 Å². The van der Waals surface area contributed by atoms with Gasteiger partial charge in [-0.2, -0.15) is 0 Å². The highest BCUT2D eigenvalue weighted by Gasteiger charge is 2.26. The molecule has 0 heterocycles. The number of alkyl halides is 1. The predicted molar refractivity (Wildman–Crippen MR) is 156 cm³/mol. The Morgan fingerprint density at radius 2 is 1.32 bits per heavy atom. The number of unbranched alkanes of at least 4 members (excludes halogenated alkanes) is 2. The van der Waals surface area contributed by atoms with Gasteiger partial charge < -0.3 is 4.74 Å². The molecule has 1 unspecified atom stereocenters. The van der Waals surface area contributed by atoms with E-state index in [0.29, 0.717) is 6.10 Å². The molecular weight excluding hydrogens is 455 g/mol. The lowest BCUT2D eigenvalue weighted by molar-refractivity contribution is 0.0266. The van der Waals surface area contributed by atoms with Crippen molar-refractivity contribution in [2.45, 2.75) is 115 Å². The highest BCUT2D eigenvalue weighted by molar-refractivity contribution is 5.64. The first-order chi connectivity index (χ1) is 18.2. The number of hydrogen-bond acceptors (Lipinski definition) is 1. The van der Waals surface area contributed by atoms with Gasteiger partial charge in [0.05, 0.1) is 12.8 Å². The maximum absolute atomic E-state index is 12.3. The van der Waals surface area contributed by atoms with Gasteiger partial charge >= 0.3 is 0 Å². The van der Waals surface area contributed by atoms with Crippen molar-refractivity contribution in [2.24, 2.45) is 17.8 Å². The molecule has 0 saturated heterocycles. The first kappa shape index (κ1) is 28.3. The molecular formula is C35H51FO. The van der Waals surface area contributed by atoms with E-state index >= 15 is 0 Å². The standard InChI is InChI=1S/C35H51FO/c1-3-35(37-2)34-20-14-29(15-21-34)9-8-28-12-18-31(19-13-28)33-24-22-32(23-25-33)30-16-10-27(11-17-30)7-5-4-6-26-36/h12-13,18-19,22-25,27,29-30,34-35H,3-11,14-17,20-21,26H2,1-2H3/t27-,29-,30-,34-,35?. The van der Waals surface area contributed by atoms with Crippen molar-refractivity contribution in [3.63, 3.8) is 0 Å². The lowest BCUT2D eigenvalue weighted by atomic mass is 9.77. The van der Waals surface area contributed by atoms with Crippen molar-refractivity contribution in [3.8, 4) is 11.1 Å². The van der Waals surface area contributed by atoms with Gasteiger partial charge in [0.2, 0.25) is 0 Å². The Bertz CT molecular complexity index is 868. The summed E-state index contributed by atoms with van der Waals surface area (Å²) in [5.74, 6) is 3.24. The molecule has 2 saturated carbocycles. The molecule has 0 aromatic heterocycles. The van der Waals surface area contributed by atoms with Crippen LogP contribution in [0.15, 0.2) is 48.5 Å². The van der Waals surface area contributed by atoms with Crippen LogP contribution < -0.4 is 0 Å². The van der Waals surface area contributed by atoms with E-state index in [-0.39, 0.29) is 6.67 Å². The first-order valence-electron chi connectivity index (χ1n) is 15.5. The number of benzene rings is 2. The SMILES string of the molecule is CCC(OC)[C@H]1CC[C@H](CCc2ccc(-c3ccc([C@H]4CC[C@H](CCCCCF)CC4)cc3)cc2)CC1. The Labute approximate surface area is 226 Å². The highest BCUT2D eigenvalue weighted by Crippen LogP contribution is 2.38. The molecule has 2 aliphatic carbocycles. The molecule has 0 bridgehead atoms. The molecule has 1 nitrogen and oxygen atoms in total. The predicted octanol–water partition coefficient (Wildman–Crippen LogP) is 10.3. The smallest absolute Gasteiger partial charge is 0.0894 e. The maximum Gasteiger partial charge on any atom is 0.0894 e. The van der Waals surface area contributed by atoms with Crippen molar-refractivity contribution >= 4 is 0 Å². The fourth-order valence-electron chi connectivity index (χ4n) is 7.21. The second-order valence-corrected chi connectivity index (χ2v) is 12.1. The molecule has 2 aromatic rings. The number of methoxy groups -OCH3 is 1. The molecule has 0 N–H and O–H groups in total. The van der Waals surface area contributed by atoms with E-state index in [1.54, 1.807) is 0 Å². The molecule has 37 heavy (non-hydrogen) atoms. The summed E-state index contributed by atoms with van der Waals surface area (Å²) in [6.07, 6.45) is 19.2. The van der Waals surface area contributed by atoms with Gasteiger partial charge in [-0.05, 0) is 110 Å². The summed E-state index contributed by atoms with van der Waals surface area (Å²) in [5, 5.41) is 0. The Morgan fingerprint density at radius 3 is 1.92 bits per heavy atom. The van der Waals surface area contributed by atoms with Gasteiger partial charge in [-0.25, -0.2) is 0 Å². The number of halogens is 1. The zero-order valence-corrected chi connectivity index (χ0v) is 23.6. The number of aryl methyl sites for hydroxylation is 1. The third-order valence-corrected chi connectivity index (χ3v) is 9.73. The summed E-state index contributed by atoms with van der Waals surface area (Å²) in [6.45, 7) is 2.11. The van der Waals surface area contributed by atoms with E-state index in [9.17, 15) is 4.39 Å². The molecule has 2 heteroatoms. The Morgan fingerprint density at radius 1 is 0.730 bits per heavy atom. The molecule has 0 spiro atoms. The van der Waals surface area contributed by atoms with E-state index in [1.807, 2.05) is 7.11 Å². The molecule has 2 fully saturated rings. The van der Waals surface area contributed by atoms with Crippen LogP contribution in [0.1, 0.15) is 114 Å². The van der Waals surface area contributed by atoms with Crippen LogP contribution in [0.4, 0.5) is 4.39 Å². The van der Waals surface area contributed by atoms with Crippen LogP contribution >= 0.6 is 0 Å². The largest absolute Gasteiger partial charge is 0.381 e. The topological polar surface area (TPSA) is 9.23 Å². The van der Waals surface area contributed by atoms with E-state index in [2.05, 4.69) is 55.5 Å². The quantitative estimate of drug-likeness (QED) is 0.245. The van der Waals surface area contributed by atoms with Crippen molar-refractivity contribution < 1.29 is 9.13 Å². The molecule has 204 valence electrons. The Kier molecular flexibility index (Phi) is 11.5. The van der Waals surface area contributed by atoms with Crippen LogP contribution in [0.25, 0.3) is 11.1 Å².